The summed E-state index contributed by atoms with van der Waals surface area (Å²) in [7, 11) is 0. The van der Waals surface area contributed by atoms with Crippen LogP contribution in [-0.2, 0) is 14.4 Å². The summed E-state index contributed by atoms with van der Waals surface area (Å²) < 4.78 is 0. The zero-order valence-corrected chi connectivity index (χ0v) is 18.0. The van der Waals surface area contributed by atoms with Crippen LogP contribution >= 0.6 is 34.9 Å². The monoisotopic (exact) mass is 481 g/mol. The van der Waals surface area contributed by atoms with E-state index < -0.39 is 29.2 Å². The molecule has 4 rings (SSSR count). The SMILES string of the molecule is Nc1nc(/C(=N/O)C(=O)NC2C(=O)N3C(C(=O)O)=C(CSC4=NC=NC4)CSC23)cs1. The number of carbonyl (C=O) groups excluding carboxylic acids is 2. The van der Waals surface area contributed by atoms with Gasteiger partial charge >= 0.3 is 5.97 Å². The highest BCUT2D eigenvalue weighted by molar-refractivity contribution is 8.14. The molecule has 1 saturated heterocycles. The number of amides is 2. The Hall–Kier alpha value is -2.91. The van der Waals surface area contributed by atoms with E-state index in [2.05, 4.69) is 25.4 Å². The molecule has 0 aliphatic carbocycles. The molecule has 0 radical (unpaired) electrons. The lowest BCUT2D eigenvalue weighted by Gasteiger charge is -2.49. The van der Waals surface area contributed by atoms with Crippen molar-refractivity contribution in [3.05, 3.63) is 22.3 Å². The van der Waals surface area contributed by atoms with Crippen LogP contribution in [-0.4, -0.2) is 84.5 Å². The number of nitrogens with zero attached hydrogens (tertiary/aromatic N) is 5. The number of thiazole rings is 1. The van der Waals surface area contributed by atoms with Gasteiger partial charge in [-0.05, 0) is 5.57 Å². The lowest BCUT2D eigenvalue weighted by molar-refractivity contribution is -0.150. The Morgan fingerprint density at radius 1 is 1.45 bits per heavy atom. The molecule has 0 bridgehead atoms. The maximum atomic E-state index is 12.7. The van der Waals surface area contributed by atoms with Crippen LogP contribution in [0.5, 0.6) is 0 Å². The molecule has 12 nitrogen and oxygen atoms in total. The number of oxime groups is 1. The van der Waals surface area contributed by atoms with Crippen LogP contribution < -0.4 is 11.1 Å². The average molecular weight is 482 g/mol. The number of rotatable bonds is 6. The second kappa shape index (κ2) is 8.68. The van der Waals surface area contributed by atoms with Gasteiger partial charge < -0.3 is 21.4 Å². The molecule has 2 unspecified atom stereocenters. The summed E-state index contributed by atoms with van der Waals surface area (Å²) in [5.41, 5.74) is 5.76. The molecule has 3 aliphatic heterocycles. The highest BCUT2D eigenvalue weighted by Gasteiger charge is 2.54. The maximum Gasteiger partial charge on any atom is 0.352 e. The van der Waals surface area contributed by atoms with Crippen LogP contribution in [0, 0.1) is 0 Å². The minimum atomic E-state index is -1.21. The summed E-state index contributed by atoms with van der Waals surface area (Å²) in [5.74, 6) is -1.82. The standard InChI is InChI=1S/C16H15N7O5S3/c17-16-20-7(4-31-16)9(22-28)12(24)21-10-13(25)23-11(15(26)27)6(3-30-14(10)23)2-29-8-1-18-5-19-8/h4-5,10,14,28H,1-3H2,(H2,17,20)(H,21,24)(H,26,27)/b22-9-. The normalized spacial score (nSPS) is 22.8. The first-order chi connectivity index (χ1) is 14.9. The highest BCUT2D eigenvalue weighted by Crippen LogP contribution is 2.41. The van der Waals surface area contributed by atoms with Crippen LogP contribution in [0.15, 0.2) is 31.8 Å². The minimum absolute atomic E-state index is 0.0745. The van der Waals surface area contributed by atoms with Gasteiger partial charge in [-0.15, -0.1) is 34.9 Å². The smallest absolute Gasteiger partial charge is 0.352 e. The minimum Gasteiger partial charge on any atom is -0.477 e. The summed E-state index contributed by atoms with van der Waals surface area (Å²) in [4.78, 5) is 50.3. The first-order valence-corrected chi connectivity index (χ1v) is 11.6. The number of carboxylic acids is 1. The summed E-state index contributed by atoms with van der Waals surface area (Å²) in [6.07, 6.45) is 1.45. The number of anilines is 1. The van der Waals surface area contributed by atoms with Gasteiger partial charge in [0.05, 0.1) is 11.6 Å². The largest absolute Gasteiger partial charge is 0.477 e. The summed E-state index contributed by atoms with van der Waals surface area (Å²) in [6, 6.07) is -0.957. The number of hydrogen-bond acceptors (Lipinski definition) is 12. The Morgan fingerprint density at radius 2 is 2.26 bits per heavy atom. The molecule has 3 aliphatic rings. The van der Waals surface area contributed by atoms with Crippen molar-refractivity contribution in [1.82, 2.24) is 15.2 Å². The van der Waals surface area contributed by atoms with E-state index >= 15 is 0 Å². The Balaban J connectivity index is 1.47. The van der Waals surface area contributed by atoms with Crippen molar-refractivity contribution < 1.29 is 24.7 Å². The third-order valence-corrected chi connectivity index (χ3v) is 7.61. The van der Waals surface area contributed by atoms with Gasteiger partial charge in [-0.2, -0.15) is 0 Å². The number of hydrogen-bond donors (Lipinski definition) is 4. The van der Waals surface area contributed by atoms with Gasteiger partial charge in [0, 0.05) is 16.9 Å². The number of aromatic nitrogens is 1. The van der Waals surface area contributed by atoms with Crippen LogP contribution in [0.4, 0.5) is 5.13 Å². The van der Waals surface area contributed by atoms with Crippen molar-refractivity contribution in [3.8, 4) is 0 Å². The zero-order valence-electron chi connectivity index (χ0n) is 15.6. The number of carbonyl (C=O) groups is 3. The van der Waals surface area contributed by atoms with Crippen LogP contribution in [0.1, 0.15) is 5.69 Å². The number of aliphatic imine (C=N–C) groups is 2. The van der Waals surface area contributed by atoms with Crippen molar-refractivity contribution in [2.45, 2.75) is 11.4 Å². The van der Waals surface area contributed by atoms with E-state index in [9.17, 15) is 24.7 Å². The molecule has 2 amide bonds. The molecular weight excluding hydrogens is 466 g/mol. The molecule has 0 saturated carbocycles. The number of nitrogens with one attached hydrogen (secondary N) is 1. The van der Waals surface area contributed by atoms with Gasteiger partial charge in [0.15, 0.2) is 10.8 Å². The molecule has 5 N–H and O–H groups in total. The summed E-state index contributed by atoms with van der Waals surface area (Å²) in [6.45, 7) is 0.465. The number of aliphatic carboxylic acids is 1. The second-order valence-corrected chi connectivity index (χ2v) is 9.45. The van der Waals surface area contributed by atoms with Gasteiger partial charge in [-0.3, -0.25) is 19.5 Å². The molecular formula is C16H15N7O5S3. The maximum absolute atomic E-state index is 12.7. The van der Waals surface area contributed by atoms with Gasteiger partial charge in [0.1, 0.15) is 29.1 Å². The van der Waals surface area contributed by atoms with E-state index in [4.69, 9.17) is 5.73 Å². The Morgan fingerprint density at radius 3 is 2.87 bits per heavy atom. The van der Waals surface area contributed by atoms with E-state index in [1.807, 2.05) is 0 Å². The van der Waals surface area contributed by atoms with E-state index in [0.717, 1.165) is 16.4 Å². The van der Waals surface area contributed by atoms with Crippen molar-refractivity contribution in [3.63, 3.8) is 0 Å². The lowest BCUT2D eigenvalue weighted by atomic mass is 10.0. The molecule has 4 heterocycles. The van der Waals surface area contributed by atoms with Gasteiger partial charge in [0.25, 0.3) is 11.8 Å². The van der Waals surface area contributed by atoms with Gasteiger partial charge in [-0.1, -0.05) is 5.16 Å². The molecule has 0 spiro atoms. The molecule has 2 atom stereocenters. The zero-order chi connectivity index (χ0) is 22.1. The third kappa shape index (κ3) is 4.03. The van der Waals surface area contributed by atoms with Crippen LogP contribution in [0.3, 0.4) is 0 Å². The number of nitrogens with two attached hydrogens (primary N) is 1. The van der Waals surface area contributed by atoms with E-state index in [1.165, 1.54) is 40.1 Å². The number of fused-ring (bicyclic) bond motifs is 1. The van der Waals surface area contributed by atoms with E-state index in [-0.39, 0.29) is 22.2 Å². The highest BCUT2D eigenvalue weighted by atomic mass is 32.2. The number of nitrogen functional groups attached to an aromatic ring is 1. The number of β-lactam (4-membered cyclic amide) rings is 1. The van der Waals surface area contributed by atoms with E-state index in [0.29, 0.717) is 23.6 Å². The van der Waals surface area contributed by atoms with Crippen molar-refractivity contribution in [2.24, 2.45) is 15.1 Å². The fraction of sp³-hybridized carbons (Fsp3) is 0.312. The molecule has 31 heavy (non-hydrogen) atoms. The molecule has 15 heteroatoms. The summed E-state index contributed by atoms with van der Waals surface area (Å²) in [5, 5.41) is 26.2. The third-order valence-electron chi connectivity index (χ3n) is 4.54. The fourth-order valence-corrected chi connectivity index (χ4v) is 6.02. The predicted octanol–water partition coefficient (Wildman–Crippen LogP) is -0.184. The van der Waals surface area contributed by atoms with Crippen molar-refractivity contribution >= 4 is 74.9 Å². The first kappa shape index (κ1) is 21.3. The molecule has 1 aromatic rings. The van der Waals surface area contributed by atoms with Gasteiger partial charge in [-0.25, -0.2) is 14.8 Å². The Labute approximate surface area is 187 Å². The van der Waals surface area contributed by atoms with Crippen molar-refractivity contribution in [2.75, 3.05) is 23.8 Å². The average Bonchev–Trinajstić information content (AvgIpc) is 3.42. The second-order valence-electron chi connectivity index (χ2n) is 6.41. The number of thioether (sulfide) groups is 2. The Kier molecular flexibility index (Phi) is 5.97. The first-order valence-electron chi connectivity index (χ1n) is 8.72. The quantitative estimate of drug-likeness (QED) is 0.185. The van der Waals surface area contributed by atoms with E-state index in [1.54, 1.807) is 0 Å². The van der Waals surface area contributed by atoms with Crippen LogP contribution in [0.2, 0.25) is 0 Å². The van der Waals surface area contributed by atoms with Crippen LogP contribution in [0.25, 0.3) is 0 Å². The Bertz CT molecular complexity index is 1080. The molecule has 0 aromatic carbocycles. The molecule has 1 fully saturated rings. The predicted molar refractivity (Wildman–Crippen MR) is 118 cm³/mol. The van der Waals surface area contributed by atoms with Crippen molar-refractivity contribution in [1.29, 1.82) is 0 Å². The fourth-order valence-electron chi connectivity index (χ4n) is 3.13. The molecule has 162 valence electrons. The summed E-state index contributed by atoms with van der Waals surface area (Å²) >= 11 is 3.79. The van der Waals surface area contributed by atoms with Gasteiger partial charge in [0.2, 0.25) is 0 Å². The lowest BCUT2D eigenvalue weighted by Crippen LogP contribution is -2.71. The topological polar surface area (TPSA) is 183 Å². The number of carboxylic acid groups (broad SMARTS) is 1. The molecule has 1 aromatic heterocycles.